The molecule has 0 aliphatic heterocycles. The highest BCUT2D eigenvalue weighted by Gasteiger charge is 2.16. The van der Waals surface area contributed by atoms with Crippen LogP contribution in [0.5, 0.6) is 0 Å². The van der Waals surface area contributed by atoms with E-state index < -0.39 is 4.92 Å². The largest absolute Gasteiger partial charge is 0.324 e. The van der Waals surface area contributed by atoms with Crippen LogP contribution in [0.25, 0.3) is 11.4 Å². The van der Waals surface area contributed by atoms with E-state index in [9.17, 15) is 14.9 Å². The molecule has 11 heteroatoms. The van der Waals surface area contributed by atoms with Crippen LogP contribution in [-0.4, -0.2) is 31.3 Å². The van der Waals surface area contributed by atoms with Gasteiger partial charge in [0.25, 0.3) is 5.69 Å². The number of carbonyl (C=O) groups excluding carboxylic acids is 1. The molecule has 0 bridgehead atoms. The molecular weight excluding hydrogens is 437 g/mol. The molecule has 1 N–H and O–H groups in total. The highest BCUT2D eigenvalue weighted by molar-refractivity contribution is 7.99. The van der Waals surface area contributed by atoms with Gasteiger partial charge in [0, 0.05) is 29.3 Å². The van der Waals surface area contributed by atoms with Gasteiger partial charge in [-0.15, -0.1) is 10.2 Å². The zero-order valence-corrected chi connectivity index (χ0v) is 17.5. The number of carbonyl (C=O) groups is 1. The van der Waals surface area contributed by atoms with Crippen molar-refractivity contribution in [3.63, 3.8) is 0 Å². The van der Waals surface area contributed by atoms with Gasteiger partial charge in [-0.25, -0.2) is 0 Å². The summed E-state index contributed by atoms with van der Waals surface area (Å²) in [4.78, 5) is 22.6. The average Bonchev–Trinajstić information content (AvgIpc) is 3.11. The third kappa shape index (κ3) is 5.06. The van der Waals surface area contributed by atoms with Crippen molar-refractivity contribution in [2.24, 2.45) is 0 Å². The summed E-state index contributed by atoms with van der Waals surface area (Å²) >= 11 is 13.1. The second-order valence-corrected chi connectivity index (χ2v) is 7.60. The van der Waals surface area contributed by atoms with E-state index in [1.807, 2.05) is 11.5 Å². The molecule has 0 aliphatic rings. The van der Waals surface area contributed by atoms with Crippen molar-refractivity contribution in [1.29, 1.82) is 0 Å². The second kappa shape index (κ2) is 9.25. The van der Waals surface area contributed by atoms with Crippen molar-refractivity contribution >= 4 is 52.2 Å². The lowest BCUT2D eigenvalue weighted by molar-refractivity contribution is -0.384. The third-order valence-corrected chi connectivity index (χ3v) is 5.42. The van der Waals surface area contributed by atoms with Crippen LogP contribution in [0.15, 0.2) is 47.6 Å². The highest BCUT2D eigenvalue weighted by atomic mass is 35.5. The maximum atomic E-state index is 12.3. The smallest absolute Gasteiger partial charge is 0.269 e. The Bertz CT molecular complexity index is 1060. The number of nitrogens with one attached hydrogen (secondary N) is 1. The molecule has 0 atom stereocenters. The first-order valence-corrected chi connectivity index (χ1v) is 10.2. The minimum absolute atomic E-state index is 0.00319. The van der Waals surface area contributed by atoms with Gasteiger partial charge in [-0.3, -0.25) is 14.9 Å². The van der Waals surface area contributed by atoms with Crippen LogP contribution in [0.3, 0.4) is 0 Å². The summed E-state index contributed by atoms with van der Waals surface area (Å²) in [5.41, 5.74) is 1.18. The summed E-state index contributed by atoms with van der Waals surface area (Å²) in [5, 5.41) is 23.3. The van der Waals surface area contributed by atoms with Crippen molar-refractivity contribution in [3.05, 3.63) is 62.6 Å². The molecule has 1 amide bonds. The summed E-state index contributed by atoms with van der Waals surface area (Å²) in [5.74, 6) is 0.435. The standard InChI is InChI=1S/C18H15Cl2N5O3S/c1-2-24-17(11-3-6-13(7-4-11)25(27)28)22-23-18(24)29-10-16(26)21-15-8-5-12(19)9-14(15)20/h3-9H,2,10H2,1H3,(H,21,26). The number of halogens is 2. The van der Waals surface area contributed by atoms with Crippen molar-refractivity contribution in [2.45, 2.75) is 18.6 Å². The van der Waals surface area contributed by atoms with Gasteiger partial charge in [-0.1, -0.05) is 35.0 Å². The molecule has 150 valence electrons. The zero-order chi connectivity index (χ0) is 21.0. The minimum atomic E-state index is -0.457. The first-order valence-electron chi connectivity index (χ1n) is 8.44. The predicted molar refractivity (Wildman–Crippen MR) is 114 cm³/mol. The maximum absolute atomic E-state index is 12.3. The minimum Gasteiger partial charge on any atom is -0.324 e. The number of anilines is 1. The summed E-state index contributed by atoms with van der Waals surface area (Å²) < 4.78 is 1.84. The van der Waals surface area contributed by atoms with E-state index in [-0.39, 0.29) is 17.3 Å². The predicted octanol–water partition coefficient (Wildman–Crippen LogP) is 4.91. The molecule has 0 saturated carbocycles. The Morgan fingerprint density at radius 3 is 2.55 bits per heavy atom. The Labute approximate surface area is 180 Å². The molecular formula is C18H15Cl2N5O3S. The summed E-state index contributed by atoms with van der Waals surface area (Å²) in [6, 6.07) is 10.9. The number of amides is 1. The average molecular weight is 452 g/mol. The number of nitro groups is 1. The van der Waals surface area contributed by atoms with E-state index >= 15 is 0 Å². The number of thioether (sulfide) groups is 1. The van der Waals surface area contributed by atoms with Gasteiger partial charge in [0.15, 0.2) is 11.0 Å². The summed E-state index contributed by atoms with van der Waals surface area (Å²) in [6.45, 7) is 2.50. The van der Waals surface area contributed by atoms with E-state index in [4.69, 9.17) is 23.2 Å². The number of nitro benzene ring substituents is 1. The van der Waals surface area contributed by atoms with Crippen LogP contribution in [-0.2, 0) is 11.3 Å². The lowest BCUT2D eigenvalue weighted by Gasteiger charge is -2.09. The van der Waals surface area contributed by atoms with Gasteiger partial charge in [0.2, 0.25) is 5.91 Å². The summed E-state index contributed by atoms with van der Waals surface area (Å²) in [6.07, 6.45) is 0. The first-order chi connectivity index (χ1) is 13.9. The lowest BCUT2D eigenvalue weighted by Crippen LogP contribution is -2.15. The van der Waals surface area contributed by atoms with Crippen LogP contribution in [0.2, 0.25) is 10.0 Å². The summed E-state index contributed by atoms with van der Waals surface area (Å²) in [7, 11) is 0. The third-order valence-electron chi connectivity index (χ3n) is 3.91. The molecule has 3 rings (SSSR count). The SMILES string of the molecule is CCn1c(SCC(=O)Nc2ccc(Cl)cc2Cl)nnc1-c1ccc([N+](=O)[O-])cc1. The van der Waals surface area contributed by atoms with E-state index in [1.54, 1.807) is 30.3 Å². The topological polar surface area (TPSA) is 103 Å². The van der Waals surface area contributed by atoms with E-state index in [1.165, 1.54) is 23.9 Å². The molecule has 2 aromatic carbocycles. The van der Waals surface area contributed by atoms with Gasteiger partial charge in [-0.2, -0.15) is 0 Å². The van der Waals surface area contributed by atoms with Gasteiger partial charge in [0.05, 0.1) is 21.4 Å². The number of nitrogens with zero attached hydrogens (tertiary/aromatic N) is 4. The monoisotopic (exact) mass is 451 g/mol. The number of hydrogen-bond donors (Lipinski definition) is 1. The maximum Gasteiger partial charge on any atom is 0.269 e. The van der Waals surface area contributed by atoms with Gasteiger partial charge < -0.3 is 9.88 Å². The second-order valence-electron chi connectivity index (χ2n) is 5.82. The van der Waals surface area contributed by atoms with Gasteiger partial charge in [-0.05, 0) is 37.3 Å². The van der Waals surface area contributed by atoms with Crippen LogP contribution in [0.1, 0.15) is 6.92 Å². The number of non-ortho nitro benzene ring substituents is 1. The quantitative estimate of drug-likeness (QED) is 0.310. The van der Waals surface area contributed by atoms with Crippen molar-refractivity contribution in [2.75, 3.05) is 11.1 Å². The molecule has 0 spiro atoms. The fourth-order valence-corrected chi connectivity index (χ4v) is 3.79. The van der Waals surface area contributed by atoms with Crippen molar-refractivity contribution in [3.8, 4) is 11.4 Å². The Morgan fingerprint density at radius 1 is 1.21 bits per heavy atom. The van der Waals surface area contributed by atoms with Gasteiger partial charge in [0.1, 0.15) is 0 Å². The van der Waals surface area contributed by atoms with E-state index in [0.717, 1.165) is 0 Å². The van der Waals surface area contributed by atoms with Crippen LogP contribution < -0.4 is 5.32 Å². The normalized spacial score (nSPS) is 10.7. The molecule has 0 unspecified atom stereocenters. The van der Waals surface area contributed by atoms with E-state index in [2.05, 4.69) is 15.5 Å². The molecule has 0 saturated heterocycles. The molecule has 8 nitrogen and oxygen atoms in total. The van der Waals surface area contributed by atoms with E-state index in [0.29, 0.717) is 38.8 Å². The zero-order valence-electron chi connectivity index (χ0n) is 15.1. The first kappa shape index (κ1) is 21.1. The Kier molecular flexibility index (Phi) is 6.73. The Morgan fingerprint density at radius 2 is 1.93 bits per heavy atom. The highest BCUT2D eigenvalue weighted by Crippen LogP contribution is 2.27. The molecule has 0 radical (unpaired) electrons. The number of aromatic nitrogens is 3. The Balaban J connectivity index is 1.70. The molecule has 1 aromatic heterocycles. The molecule has 29 heavy (non-hydrogen) atoms. The van der Waals surface area contributed by atoms with Crippen LogP contribution in [0, 0.1) is 10.1 Å². The van der Waals surface area contributed by atoms with Crippen LogP contribution >= 0.6 is 35.0 Å². The number of rotatable bonds is 7. The lowest BCUT2D eigenvalue weighted by atomic mass is 10.2. The molecule has 0 aliphatic carbocycles. The number of hydrogen-bond acceptors (Lipinski definition) is 6. The molecule has 1 heterocycles. The molecule has 3 aromatic rings. The fourth-order valence-electron chi connectivity index (χ4n) is 2.53. The van der Waals surface area contributed by atoms with Gasteiger partial charge >= 0.3 is 0 Å². The van der Waals surface area contributed by atoms with Crippen molar-refractivity contribution < 1.29 is 9.72 Å². The fraction of sp³-hybridized carbons (Fsp3) is 0.167. The van der Waals surface area contributed by atoms with Crippen molar-refractivity contribution in [1.82, 2.24) is 14.8 Å². The van der Waals surface area contributed by atoms with Crippen LogP contribution in [0.4, 0.5) is 11.4 Å². The number of benzene rings is 2. The molecule has 0 fully saturated rings. The Hall–Kier alpha value is -2.62.